The number of rotatable bonds is 14. The zero-order valence-corrected chi connectivity index (χ0v) is 57.4. The zero-order chi connectivity index (χ0) is 70.1. The van der Waals surface area contributed by atoms with Gasteiger partial charge in [0.2, 0.25) is 0 Å². The number of benzene rings is 16. The van der Waals surface area contributed by atoms with Crippen molar-refractivity contribution >= 4 is 102 Å². The predicted molar refractivity (Wildman–Crippen MR) is 436 cm³/mol. The molecule has 0 unspecified atom stereocenters. The molecule has 8 heteroatoms. The van der Waals surface area contributed by atoms with Crippen molar-refractivity contribution in [3.8, 4) is 77.9 Å². The summed E-state index contributed by atoms with van der Waals surface area (Å²) < 4.78 is 12.9. The molecule has 496 valence electrons. The second-order valence-corrected chi connectivity index (χ2v) is 25.9. The Bertz CT molecular complexity index is 5720. The Morgan fingerprint density at radius 3 is 0.779 bits per heavy atom. The van der Waals surface area contributed by atoms with E-state index in [1.807, 2.05) is 54.6 Å². The third kappa shape index (κ3) is 14.1. The molecule has 2 N–H and O–H groups in total. The van der Waals surface area contributed by atoms with Gasteiger partial charge in [0.1, 0.15) is 22.3 Å². The second kappa shape index (κ2) is 30.1. The van der Waals surface area contributed by atoms with Crippen molar-refractivity contribution in [3.63, 3.8) is 0 Å². The smallest absolute Gasteiger partial charge is 0.455 e. The average Bonchev–Trinajstić information content (AvgIpc) is 1.59. The van der Waals surface area contributed by atoms with Gasteiger partial charge in [-0.15, -0.1) is 0 Å². The number of hydrogen-bond donors (Lipinski definition) is 2. The van der Waals surface area contributed by atoms with Crippen molar-refractivity contribution in [3.05, 3.63) is 405 Å². The summed E-state index contributed by atoms with van der Waals surface area (Å²) in [4.78, 5) is 4.62. The van der Waals surface area contributed by atoms with E-state index in [1.54, 1.807) is 24.3 Å². The highest BCUT2D eigenvalue weighted by atomic mass is 35.5. The van der Waals surface area contributed by atoms with E-state index in [1.165, 1.54) is 55.6 Å². The van der Waals surface area contributed by atoms with Crippen LogP contribution in [0.2, 0.25) is 5.02 Å². The minimum Gasteiger partial charge on any atom is -0.455 e. The molecule has 18 aromatic rings. The largest absolute Gasteiger partial charge is 0.488 e. The lowest BCUT2D eigenvalue weighted by atomic mass is 9.81. The number of para-hydroxylation sites is 2. The summed E-state index contributed by atoms with van der Waals surface area (Å²) in [6.07, 6.45) is 0. The molecule has 0 atom stereocenters. The van der Waals surface area contributed by atoms with Crippen LogP contribution in [-0.2, 0) is 0 Å². The van der Waals surface area contributed by atoms with Crippen LogP contribution in [0.25, 0.3) is 122 Å². The fraction of sp³-hybridized carbons (Fsp3) is 0. The molecule has 0 saturated heterocycles. The van der Waals surface area contributed by atoms with Crippen molar-refractivity contribution < 1.29 is 18.9 Å². The van der Waals surface area contributed by atoms with Gasteiger partial charge in [-0.05, 0) is 181 Å². The van der Waals surface area contributed by atoms with Crippen LogP contribution >= 0.6 is 11.6 Å². The summed E-state index contributed by atoms with van der Waals surface area (Å²) >= 11 is 6.64. The quantitative estimate of drug-likeness (QED) is 0.106. The summed E-state index contributed by atoms with van der Waals surface area (Å²) in [7, 11) is -1.34. The van der Waals surface area contributed by atoms with Gasteiger partial charge in [-0.2, -0.15) is 0 Å². The molecule has 0 fully saturated rings. The summed E-state index contributed by atoms with van der Waals surface area (Å²) in [6.45, 7) is 0. The second-order valence-electron chi connectivity index (χ2n) is 25.5. The normalized spacial score (nSPS) is 11.0. The van der Waals surface area contributed by atoms with Gasteiger partial charge in [-0.1, -0.05) is 303 Å². The first-order chi connectivity index (χ1) is 51.3. The highest BCUT2D eigenvalue weighted by molar-refractivity contribution is 6.58. The lowest BCUT2D eigenvalue weighted by Gasteiger charge is -2.26. The van der Waals surface area contributed by atoms with Gasteiger partial charge in [0.25, 0.3) is 0 Å². The minimum absolute atomic E-state index is 0.525. The van der Waals surface area contributed by atoms with Crippen LogP contribution in [0.4, 0.5) is 34.1 Å². The molecule has 2 aromatic heterocycles. The van der Waals surface area contributed by atoms with Crippen molar-refractivity contribution in [2.24, 2.45) is 0 Å². The average molecular weight is 1360 g/mol. The van der Waals surface area contributed by atoms with Crippen molar-refractivity contribution in [1.82, 2.24) is 0 Å². The van der Waals surface area contributed by atoms with E-state index in [4.69, 9.17) is 30.5 Å². The van der Waals surface area contributed by atoms with Crippen molar-refractivity contribution in [1.29, 1.82) is 0 Å². The monoisotopic (exact) mass is 1360 g/mol. The molecule has 18 rings (SSSR count). The van der Waals surface area contributed by atoms with E-state index in [0.717, 1.165) is 100 Å². The lowest BCUT2D eigenvalue weighted by Crippen LogP contribution is -2.29. The zero-order valence-electron chi connectivity index (χ0n) is 56.7. The number of hydrogen-bond acceptors (Lipinski definition) is 6. The van der Waals surface area contributed by atoms with Crippen molar-refractivity contribution in [2.75, 3.05) is 9.80 Å². The van der Waals surface area contributed by atoms with Crippen LogP contribution in [-0.4, -0.2) is 17.2 Å². The van der Waals surface area contributed by atoms with E-state index in [2.05, 4.69) is 331 Å². The van der Waals surface area contributed by atoms with Crippen LogP contribution in [0.3, 0.4) is 0 Å². The molecule has 16 aromatic carbocycles. The third-order valence-corrected chi connectivity index (χ3v) is 19.1. The number of halogens is 1. The lowest BCUT2D eigenvalue weighted by molar-refractivity contribution is 0.426. The summed E-state index contributed by atoms with van der Waals surface area (Å²) in [6, 6.07) is 139. The molecule has 0 amide bonds. The Balaban J connectivity index is 0.000000144. The maximum Gasteiger partial charge on any atom is 0.488 e. The molecule has 0 bridgehead atoms. The molecule has 0 saturated carbocycles. The maximum atomic E-state index is 8.58. The fourth-order valence-electron chi connectivity index (χ4n) is 13.7. The first-order valence-corrected chi connectivity index (χ1v) is 35.1. The molecule has 0 radical (unpaired) electrons. The first-order valence-electron chi connectivity index (χ1n) is 34.8. The summed E-state index contributed by atoms with van der Waals surface area (Å²) in [5.74, 6) is 0. The first kappa shape index (κ1) is 65.6. The van der Waals surface area contributed by atoms with Crippen LogP contribution in [0.15, 0.2) is 409 Å². The van der Waals surface area contributed by atoms with Gasteiger partial charge in [-0.3, -0.25) is 0 Å². The highest BCUT2D eigenvalue weighted by Crippen LogP contribution is 2.45. The molecule has 6 nitrogen and oxygen atoms in total. The van der Waals surface area contributed by atoms with Gasteiger partial charge in [0, 0.05) is 71.8 Å². The summed E-state index contributed by atoms with van der Waals surface area (Å²) in [5.41, 5.74) is 26.6. The summed E-state index contributed by atoms with van der Waals surface area (Å²) in [5, 5.41) is 22.2. The van der Waals surface area contributed by atoms with E-state index >= 15 is 0 Å². The number of nitrogens with zero attached hydrogens (tertiary/aromatic N) is 2. The van der Waals surface area contributed by atoms with Gasteiger partial charge in [-0.25, -0.2) is 0 Å². The Kier molecular flexibility index (Phi) is 19.0. The van der Waals surface area contributed by atoms with Crippen molar-refractivity contribution in [2.45, 2.75) is 0 Å². The van der Waals surface area contributed by atoms with E-state index in [0.29, 0.717) is 10.5 Å². The molecule has 0 aliphatic rings. The molecule has 2 heterocycles. The van der Waals surface area contributed by atoms with Gasteiger partial charge >= 0.3 is 7.12 Å². The Morgan fingerprint density at radius 2 is 0.471 bits per heavy atom. The van der Waals surface area contributed by atoms with Crippen LogP contribution in [0, 0.1) is 0 Å². The molecule has 0 aliphatic carbocycles. The van der Waals surface area contributed by atoms with Gasteiger partial charge < -0.3 is 28.7 Å². The third-order valence-electron chi connectivity index (χ3n) is 18.9. The predicted octanol–water partition coefficient (Wildman–Crippen LogP) is 25.8. The molecular weight excluding hydrogens is 1290 g/mol. The Morgan fingerprint density at radius 1 is 0.221 bits per heavy atom. The van der Waals surface area contributed by atoms with Crippen LogP contribution < -0.4 is 15.3 Å². The standard InChI is InChI=1S/C48H33NO.C42H28ClNO.C6H7BO2/c1-4-12-34(13-5-1)37-20-26-41(27-21-37)49(42-28-22-38(23-29-42)35-14-6-2-7-15-35)43-30-24-39(25-31-43)45-32-40(36-16-8-3-9-17-36)33-46-44-18-10-11-19-47(44)50-48(45)46;43-34-27-39(42-40(28-34)38-13-7-8-14-41(38)45-42)33-19-25-37(26-20-33)44(35-21-15-31(16-22-35)29-9-3-1-4-10-29)36-23-17-32(18-24-36)30-11-5-2-6-12-30;8-7(9)6-4-2-1-3-5-6/h1-33H;1-28H;1-5,8-9H. The maximum absolute atomic E-state index is 8.58. The van der Waals surface area contributed by atoms with Gasteiger partial charge in [0.05, 0.1) is 0 Å². The fourth-order valence-corrected chi connectivity index (χ4v) is 13.9. The highest BCUT2D eigenvalue weighted by Gasteiger charge is 2.21. The van der Waals surface area contributed by atoms with Gasteiger partial charge in [0.15, 0.2) is 0 Å². The Hall–Kier alpha value is -13.0. The van der Waals surface area contributed by atoms with Crippen LogP contribution in [0.5, 0.6) is 0 Å². The van der Waals surface area contributed by atoms with E-state index in [9.17, 15) is 0 Å². The molecule has 0 spiro atoms. The molecule has 104 heavy (non-hydrogen) atoms. The molecule has 0 aliphatic heterocycles. The number of anilines is 6. The Labute approximate surface area is 610 Å². The molecular formula is C96H68BClN2O4. The number of furan rings is 2. The SMILES string of the molecule is Clc1cc(-c2ccc(N(c3ccc(-c4ccccc4)cc3)c3ccc(-c4ccccc4)cc3)cc2)c2oc3ccccc3c2c1.OB(O)c1ccccc1.c1ccc(-c2ccc(N(c3ccc(-c4ccccc4)cc3)c3ccc(-c4cc(-c5ccccc5)cc5c4oc4ccccc45)cc3)cc2)cc1. The topological polar surface area (TPSA) is 73.2 Å². The van der Waals surface area contributed by atoms with E-state index in [-0.39, 0.29) is 0 Å². The minimum atomic E-state index is -1.34. The van der Waals surface area contributed by atoms with E-state index < -0.39 is 7.12 Å². The van der Waals surface area contributed by atoms with Crippen LogP contribution in [0.1, 0.15) is 0 Å². The number of fused-ring (bicyclic) bond motifs is 6.